The summed E-state index contributed by atoms with van der Waals surface area (Å²) in [4.78, 5) is 40.9. The number of fused-ring (bicyclic) bond motifs is 1. The number of unbranched alkanes of at least 4 members (excludes halogenated alkanes) is 1. The average molecular weight is 487 g/mol. The fraction of sp³-hybridized carbons (Fsp3) is 0.333. The molecule has 11 heteroatoms. The van der Waals surface area contributed by atoms with E-state index in [0.29, 0.717) is 30.3 Å². The summed E-state index contributed by atoms with van der Waals surface area (Å²) in [6, 6.07) is 7.63. The van der Waals surface area contributed by atoms with Crippen molar-refractivity contribution in [3.63, 3.8) is 0 Å². The van der Waals surface area contributed by atoms with Crippen molar-refractivity contribution in [2.75, 3.05) is 13.1 Å². The lowest BCUT2D eigenvalue weighted by molar-refractivity contribution is 0.0919. The summed E-state index contributed by atoms with van der Waals surface area (Å²) in [6.07, 6.45) is 0.762. The second-order valence-corrected chi connectivity index (χ2v) is 8.19. The lowest BCUT2D eigenvalue weighted by Gasteiger charge is -2.16. The Bertz CT molecular complexity index is 1270. The summed E-state index contributed by atoms with van der Waals surface area (Å²) in [5, 5.41) is 33.6. The third-order valence-corrected chi connectivity index (χ3v) is 5.33. The first-order valence-corrected chi connectivity index (χ1v) is 11.1. The van der Waals surface area contributed by atoms with Gasteiger partial charge in [0.05, 0.1) is 11.6 Å². The number of hydrogen-bond donors (Lipinski definition) is 5. The molecule has 2 heterocycles. The van der Waals surface area contributed by atoms with Crippen LogP contribution >= 0.6 is 0 Å². The van der Waals surface area contributed by atoms with E-state index in [2.05, 4.69) is 15.6 Å². The highest BCUT2D eigenvalue weighted by Gasteiger charge is 2.23. The average Bonchev–Trinajstić information content (AvgIpc) is 2.80. The molecule has 10 nitrogen and oxygen atoms in total. The van der Waals surface area contributed by atoms with Crippen molar-refractivity contribution in [3.8, 4) is 5.75 Å². The number of pyridine rings is 2. The van der Waals surface area contributed by atoms with Gasteiger partial charge in [0.15, 0.2) is 5.75 Å². The summed E-state index contributed by atoms with van der Waals surface area (Å²) in [7, 11) is 0. The van der Waals surface area contributed by atoms with E-state index in [9.17, 15) is 29.0 Å². The number of aryl methyl sites for hydroxylation is 1. The van der Waals surface area contributed by atoms with Crippen molar-refractivity contribution >= 4 is 23.0 Å². The monoisotopic (exact) mass is 486 g/mol. The third kappa shape index (κ3) is 6.54. The Balaban J connectivity index is 2.01. The van der Waals surface area contributed by atoms with Crippen LogP contribution in [0.1, 0.15) is 41.3 Å². The first-order chi connectivity index (χ1) is 16.7. The zero-order valence-electron chi connectivity index (χ0n) is 19.1. The highest BCUT2D eigenvalue weighted by molar-refractivity contribution is 6.01. The number of rotatable bonds is 10. The molecule has 3 rings (SSSR count). The lowest BCUT2D eigenvalue weighted by atomic mass is 10.0. The van der Waals surface area contributed by atoms with Gasteiger partial charge < -0.3 is 30.5 Å². The third-order valence-electron chi connectivity index (χ3n) is 5.33. The molecule has 0 radical (unpaired) electrons. The molecule has 0 fully saturated rings. The molecule has 1 atom stereocenters. The van der Waals surface area contributed by atoms with Crippen molar-refractivity contribution < 1.29 is 29.3 Å². The Morgan fingerprint density at radius 1 is 1.14 bits per heavy atom. The normalized spacial score (nSPS) is 11.9. The maximum atomic E-state index is 13.3. The Labute approximate surface area is 200 Å². The van der Waals surface area contributed by atoms with E-state index < -0.39 is 35.0 Å². The molecule has 0 aliphatic carbocycles. The fourth-order valence-corrected chi connectivity index (χ4v) is 3.63. The molecule has 0 aliphatic rings. The van der Waals surface area contributed by atoms with Crippen molar-refractivity contribution in [1.82, 2.24) is 20.2 Å². The quantitative estimate of drug-likeness (QED) is 0.275. The van der Waals surface area contributed by atoms with Gasteiger partial charge in [-0.15, -0.1) is 0 Å². The number of aromatic nitrogens is 2. The Morgan fingerprint density at radius 3 is 2.51 bits per heavy atom. The number of hydrogen-bond acceptors (Lipinski definition) is 6. The maximum absolute atomic E-state index is 13.3. The second-order valence-electron chi connectivity index (χ2n) is 8.19. The van der Waals surface area contributed by atoms with Crippen LogP contribution in [0.2, 0.25) is 0 Å². The summed E-state index contributed by atoms with van der Waals surface area (Å²) in [5.74, 6) is -1.76. The van der Waals surface area contributed by atoms with E-state index in [4.69, 9.17) is 5.11 Å². The smallest absolute Gasteiger partial charge is 0.404 e. The van der Waals surface area contributed by atoms with Crippen LogP contribution in [0.5, 0.6) is 5.75 Å². The molecule has 5 N–H and O–H groups in total. The molecule has 2 amide bonds. The number of benzene rings is 1. The van der Waals surface area contributed by atoms with Crippen LogP contribution in [0.4, 0.5) is 9.18 Å². The van der Waals surface area contributed by atoms with Gasteiger partial charge in [-0.3, -0.25) is 14.6 Å². The second kappa shape index (κ2) is 11.4. The van der Waals surface area contributed by atoms with Crippen LogP contribution in [0, 0.1) is 5.82 Å². The molecular weight excluding hydrogens is 459 g/mol. The fourth-order valence-electron chi connectivity index (χ4n) is 3.63. The van der Waals surface area contributed by atoms with Crippen LogP contribution in [-0.2, 0) is 13.0 Å². The molecule has 1 unspecified atom stereocenters. The van der Waals surface area contributed by atoms with Crippen LogP contribution < -0.4 is 16.2 Å². The van der Waals surface area contributed by atoms with Gasteiger partial charge in [-0.1, -0.05) is 12.1 Å². The number of aliphatic hydroxyl groups excluding tert-OH is 1. The molecule has 1 aromatic carbocycles. The van der Waals surface area contributed by atoms with Crippen molar-refractivity contribution in [2.24, 2.45) is 0 Å². The minimum absolute atomic E-state index is 0.0540. The molecule has 2 aromatic heterocycles. The topological polar surface area (TPSA) is 154 Å². The Hall–Kier alpha value is -3.99. The molecule has 0 bridgehead atoms. The summed E-state index contributed by atoms with van der Waals surface area (Å²) >= 11 is 0. The summed E-state index contributed by atoms with van der Waals surface area (Å²) in [5.41, 5.74) is 0.671. The minimum atomic E-state index is -1.15. The number of nitrogens with zero attached hydrogens (tertiary/aromatic N) is 2. The molecule has 0 spiro atoms. The van der Waals surface area contributed by atoms with Crippen molar-refractivity contribution in [2.45, 2.75) is 38.8 Å². The largest absolute Gasteiger partial charge is 0.505 e. The van der Waals surface area contributed by atoms with Gasteiger partial charge in [-0.25, -0.2) is 9.18 Å². The molecular formula is C24H27FN4O6. The number of carbonyl (C=O) groups excluding carboxylic acids is 1. The van der Waals surface area contributed by atoms with Gasteiger partial charge in [-0.2, -0.15) is 0 Å². The maximum Gasteiger partial charge on any atom is 0.404 e. The molecule has 3 aromatic rings. The predicted molar refractivity (Wildman–Crippen MR) is 126 cm³/mol. The molecule has 35 heavy (non-hydrogen) atoms. The summed E-state index contributed by atoms with van der Waals surface area (Å²) in [6.45, 7) is 1.69. The summed E-state index contributed by atoms with van der Waals surface area (Å²) < 4.78 is 14.6. The van der Waals surface area contributed by atoms with Gasteiger partial charge in [0.1, 0.15) is 16.9 Å². The highest BCUT2D eigenvalue weighted by Crippen LogP contribution is 2.26. The zero-order chi connectivity index (χ0) is 25.5. The molecule has 0 saturated carbocycles. The number of aliphatic hydroxyl groups is 1. The number of carbonyl (C=O) groups is 2. The zero-order valence-corrected chi connectivity index (χ0v) is 19.1. The van der Waals surface area contributed by atoms with Crippen molar-refractivity contribution in [1.29, 1.82) is 0 Å². The number of carboxylic acid groups (broad SMARTS) is 1. The van der Waals surface area contributed by atoms with Gasteiger partial charge in [0.25, 0.3) is 11.5 Å². The number of nitrogens with one attached hydrogen (secondary N) is 2. The molecule has 0 saturated heterocycles. The molecule has 0 aliphatic heterocycles. The number of halogens is 1. The Morgan fingerprint density at radius 2 is 1.86 bits per heavy atom. The first kappa shape index (κ1) is 25.6. The van der Waals surface area contributed by atoms with Crippen LogP contribution in [-0.4, -0.2) is 56.1 Å². The highest BCUT2D eigenvalue weighted by atomic mass is 19.1. The molecule has 186 valence electrons. The number of aromatic hydroxyl groups is 1. The van der Waals surface area contributed by atoms with Crippen LogP contribution in [0.25, 0.3) is 11.0 Å². The van der Waals surface area contributed by atoms with E-state index in [1.54, 1.807) is 18.2 Å². The van der Waals surface area contributed by atoms with Gasteiger partial charge in [-0.05, 0) is 55.5 Å². The minimum Gasteiger partial charge on any atom is -0.505 e. The Kier molecular flexibility index (Phi) is 8.37. The van der Waals surface area contributed by atoms with E-state index in [0.717, 1.165) is 5.56 Å². The van der Waals surface area contributed by atoms with Crippen LogP contribution in [0.15, 0.2) is 41.3 Å². The SMILES string of the molecule is CC(O)CNC(=O)c1c(O)c2ncc(Cc3ccc(F)cc3)cc2n(CCCCNC(=O)O)c1=O. The van der Waals surface area contributed by atoms with Crippen LogP contribution in [0.3, 0.4) is 0 Å². The van der Waals surface area contributed by atoms with Gasteiger partial charge in [0.2, 0.25) is 0 Å². The number of amides is 2. The van der Waals surface area contributed by atoms with E-state index in [-0.39, 0.29) is 31.0 Å². The van der Waals surface area contributed by atoms with E-state index in [1.165, 1.54) is 29.8 Å². The van der Waals surface area contributed by atoms with E-state index in [1.807, 2.05) is 0 Å². The standard InChI is InChI=1S/C24H27FN4O6/c1-14(30)12-28-22(32)19-21(31)20-18(29(23(19)33)9-3-2-8-26-24(34)35)11-16(13-27-20)10-15-4-6-17(25)7-5-15/h4-7,11,13-14,26,30-31H,2-3,8-10,12H2,1H3,(H,28,32)(H,34,35). The van der Waals surface area contributed by atoms with E-state index >= 15 is 0 Å². The lowest BCUT2D eigenvalue weighted by Crippen LogP contribution is -2.36. The first-order valence-electron chi connectivity index (χ1n) is 11.1. The predicted octanol–water partition coefficient (Wildman–Crippen LogP) is 1.99. The van der Waals surface area contributed by atoms with Gasteiger partial charge in [0, 0.05) is 25.8 Å². The van der Waals surface area contributed by atoms with Crippen molar-refractivity contribution in [3.05, 3.63) is 69.4 Å². The van der Waals surface area contributed by atoms with Gasteiger partial charge >= 0.3 is 6.09 Å².